The molecule has 1 aliphatic rings. The molecule has 9 heteroatoms. The molecule has 0 amide bonds. The minimum Gasteiger partial charge on any atom is -0.508 e. The highest BCUT2D eigenvalue weighted by Crippen LogP contribution is 2.46. The minimum atomic E-state index is -0.945. The number of hydrogen-bond acceptors (Lipinski definition) is 7. The summed E-state index contributed by atoms with van der Waals surface area (Å²) in [5.74, 6) is 0.160. The molecule has 0 fully saturated rings. The second-order valence-corrected chi connectivity index (χ2v) is 6.99. The molecule has 1 atom stereocenters. The summed E-state index contributed by atoms with van der Waals surface area (Å²) in [7, 11) is 0. The number of thioether (sulfide) groups is 1. The maximum atomic E-state index is 9.41. The molecule has 0 saturated carbocycles. The van der Waals surface area contributed by atoms with Crippen LogP contribution in [-0.4, -0.2) is 21.2 Å². The molecule has 3 rings (SSSR count). The lowest BCUT2D eigenvalue weighted by Crippen LogP contribution is -2.46. The average Bonchev–Trinajstić information content (AvgIpc) is 3.09. The number of allylic oxidation sites excluding steroid dienone is 1. The third-order valence-electron chi connectivity index (χ3n) is 3.07. The van der Waals surface area contributed by atoms with E-state index in [4.69, 9.17) is 11.5 Å². The van der Waals surface area contributed by atoms with E-state index in [0.717, 1.165) is 21.2 Å². The molecular formula is C14H16N6OS2. The summed E-state index contributed by atoms with van der Waals surface area (Å²) in [6, 6.07) is 6.69. The highest BCUT2D eigenvalue weighted by Gasteiger charge is 2.39. The second kappa shape index (κ2) is 6.01. The van der Waals surface area contributed by atoms with Gasteiger partial charge >= 0.3 is 0 Å². The van der Waals surface area contributed by atoms with Gasteiger partial charge < -0.3 is 27.2 Å². The Balaban J connectivity index is 1.91. The van der Waals surface area contributed by atoms with Crippen LogP contribution in [0.1, 0.15) is 11.8 Å². The van der Waals surface area contributed by atoms with Gasteiger partial charge in [0.2, 0.25) is 0 Å². The standard InChI is InChI=1S/C14H16N6OS2/c1-8-12(11-6-17-7-22-11)23-14(18-8,20-13(15)16)19-9-2-4-10(21)5-3-9/h2-7,18-19,21H,1H3,(H4,15,16,20). The number of phenolic OH excluding ortho intramolecular Hbond substituents is 1. The molecule has 0 spiro atoms. The number of rotatable bonds is 4. The van der Waals surface area contributed by atoms with Crippen LogP contribution in [0.3, 0.4) is 0 Å². The van der Waals surface area contributed by atoms with Crippen molar-refractivity contribution in [3.05, 3.63) is 46.5 Å². The fraction of sp³-hybridized carbons (Fsp3) is 0.143. The number of benzene rings is 1. The molecule has 7 N–H and O–H groups in total. The highest BCUT2D eigenvalue weighted by atomic mass is 32.2. The number of aliphatic imine (C=N–C) groups is 1. The Bertz CT molecular complexity index is 752. The number of guanidine groups is 1. The predicted octanol–water partition coefficient (Wildman–Crippen LogP) is 1.87. The van der Waals surface area contributed by atoms with Crippen LogP contribution in [0.5, 0.6) is 5.75 Å². The Morgan fingerprint density at radius 2 is 2.09 bits per heavy atom. The van der Waals surface area contributed by atoms with Gasteiger partial charge in [0.25, 0.3) is 5.12 Å². The number of nitrogens with one attached hydrogen (secondary N) is 2. The molecule has 1 aromatic carbocycles. The Morgan fingerprint density at radius 3 is 2.70 bits per heavy atom. The van der Waals surface area contributed by atoms with E-state index in [9.17, 15) is 5.11 Å². The quantitative estimate of drug-likeness (QED) is 0.325. The number of nitrogens with zero attached hydrogens (tertiary/aromatic N) is 2. The monoisotopic (exact) mass is 348 g/mol. The van der Waals surface area contributed by atoms with Gasteiger partial charge in [-0.25, -0.2) is 0 Å². The third-order valence-corrected chi connectivity index (χ3v) is 5.31. The molecular weight excluding hydrogens is 332 g/mol. The molecule has 1 aliphatic heterocycles. The Hall–Kier alpha value is -2.39. The van der Waals surface area contributed by atoms with Crippen molar-refractivity contribution in [3.63, 3.8) is 0 Å². The number of thiazole rings is 1. The number of nitrogens with two attached hydrogens (primary N) is 2. The van der Waals surface area contributed by atoms with Crippen LogP contribution < -0.4 is 22.1 Å². The smallest absolute Gasteiger partial charge is 0.263 e. The summed E-state index contributed by atoms with van der Waals surface area (Å²) >= 11 is 3.02. The van der Waals surface area contributed by atoms with E-state index in [0.29, 0.717) is 0 Å². The van der Waals surface area contributed by atoms with E-state index in [2.05, 4.69) is 20.6 Å². The maximum absolute atomic E-state index is 9.41. The zero-order chi connectivity index (χ0) is 16.4. The Kier molecular flexibility index (Phi) is 4.05. The van der Waals surface area contributed by atoms with Crippen molar-refractivity contribution in [3.8, 4) is 5.75 Å². The van der Waals surface area contributed by atoms with Gasteiger partial charge in [-0.3, -0.25) is 4.98 Å². The summed E-state index contributed by atoms with van der Waals surface area (Å²) in [4.78, 5) is 10.5. The Morgan fingerprint density at radius 1 is 1.35 bits per heavy atom. The van der Waals surface area contributed by atoms with Gasteiger partial charge in [-0.1, -0.05) is 0 Å². The van der Waals surface area contributed by atoms with Crippen molar-refractivity contribution in [2.45, 2.75) is 12.0 Å². The number of aromatic hydroxyl groups is 1. The van der Waals surface area contributed by atoms with E-state index < -0.39 is 5.12 Å². The van der Waals surface area contributed by atoms with E-state index in [1.165, 1.54) is 11.8 Å². The molecule has 120 valence electrons. The van der Waals surface area contributed by atoms with Gasteiger partial charge in [0, 0.05) is 17.6 Å². The topological polar surface area (TPSA) is 122 Å². The minimum absolute atomic E-state index is 0.0327. The van der Waals surface area contributed by atoms with E-state index in [1.54, 1.807) is 41.1 Å². The fourth-order valence-corrected chi connectivity index (χ4v) is 4.24. The third kappa shape index (κ3) is 3.35. The molecule has 7 nitrogen and oxygen atoms in total. The number of phenols is 1. The van der Waals surface area contributed by atoms with Crippen LogP contribution in [-0.2, 0) is 0 Å². The van der Waals surface area contributed by atoms with Crippen LogP contribution in [0, 0.1) is 0 Å². The molecule has 0 bridgehead atoms. The number of aromatic nitrogens is 1. The van der Waals surface area contributed by atoms with Crippen molar-refractivity contribution in [2.75, 3.05) is 5.32 Å². The lowest BCUT2D eigenvalue weighted by molar-refractivity contribution is 0.475. The summed E-state index contributed by atoms with van der Waals surface area (Å²) < 4.78 is 0. The average molecular weight is 348 g/mol. The van der Waals surface area contributed by atoms with Crippen molar-refractivity contribution < 1.29 is 5.11 Å². The molecule has 2 aromatic rings. The molecule has 1 aromatic heterocycles. The van der Waals surface area contributed by atoms with Crippen molar-refractivity contribution in [1.29, 1.82) is 0 Å². The first-order chi connectivity index (χ1) is 11.0. The largest absolute Gasteiger partial charge is 0.508 e. The summed E-state index contributed by atoms with van der Waals surface area (Å²) in [6.45, 7) is 1.96. The molecule has 0 radical (unpaired) electrons. The van der Waals surface area contributed by atoms with Gasteiger partial charge in [-0.2, -0.15) is 4.99 Å². The van der Waals surface area contributed by atoms with E-state index >= 15 is 0 Å². The van der Waals surface area contributed by atoms with Gasteiger partial charge in [-0.15, -0.1) is 11.3 Å². The molecule has 0 saturated heterocycles. The predicted molar refractivity (Wildman–Crippen MR) is 95.7 cm³/mol. The van der Waals surface area contributed by atoms with Gasteiger partial charge in [0.05, 0.1) is 15.3 Å². The van der Waals surface area contributed by atoms with Gasteiger partial charge in [0.15, 0.2) is 5.96 Å². The number of hydrogen-bond donors (Lipinski definition) is 5. The van der Waals surface area contributed by atoms with Crippen molar-refractivity contribution in [1.82, 2.24) is 10.3 Å². The van der Waals surface area contributed by atoms with Crippen LogP contribution in [0.2, 0.25) is 0 Å². The van der Waals surface area contributed by atoms with E-state index in [1.807, 2.05) is 13.1 Å². The fourth-order valence-electron chi connectivity index (χ4n) is 2.18. The van der Waals surface area contributed by atoms with Gasteiger partial charge in [0.1, 0.15) is 5.75 Å². The normalized spacial score (nSPS) is 20.2. The van der Waals surface area contributed by atoms with Crippen molar-refractivity contribution in [2.24, 2.45) is 16.5 Å². The first kappa shape index (κ1) is 15.5. The highest BCUT2D eigenvalue weighted by molar-refractivity contribution is 8.10. The SMILES string of the molecule is CC1=C(c2cncs2)SC(N=C(N)N)(Nc2ccc(O)cc2)N1. The molecule has 0 aliphatic carbocycles. The zero-order valence-corrected chi connectivity index (χ0v) is 13.9. The van der Waals surface area contributed by atoms with Crippen molar-refractivity contribution >= 4 is 39.7 Å². The maximum Gasteiger partial charge on any atom is 0.263 e. The van der Waals surface area contributed by atoms with Crippen LogP contribution >= 0.6 is 23.1 Å². The zero-order valence-electron chi connectivity index (χ0n) is 12.3. The van der Waals surface area contributed by atoms with Crippen LogP contribution in [0.15, 0.2) is 46.7 Å². The Labute approximate surface area is 141 Å². The summed E-state index contributed by atoms with van der Waals surface area (Å²) in [6.07, 6.45) is 1.81. The molecule has 23 heavy (non-hydrogen) atoms. The lowest BCUT2D eigenvalue weighted by atomic mass is 10.3. The summed E-state index contributed by atoms with van der Waals surface area (Å²) in [5.41, 5.74) is 14.7. The first-order valence-corrected chi connectivity index (χ1v) is 8.42. The van der Waals surface area contributed by atoms with Crippen LogP contribution in [0.25, 0.3) is 4.91 Å². The van der Waals surface area contributed by atoms with Gasteiger partial charge in [-0.05, 0) is 43.0 Å². The lowest BCUT2D eigenvalue weighted by Gasteiger charge is -2.27. The van der Waals surface area contributed by atoms with E-state index in [-0.39, 0.29) is 11.7 Å². The molecule has 1 unspecified atom stereocenters. The summed E-state index contributed by atoms with van der Waals surface area (Å²) in [5, 5.41) is 15.0. The second-order valence-electron chi connectivity index (χ2n) is 4.90. The molecule has 2 heterocycles. The van der Waals surface area contributed by atoms with Crippen LogP contribution in [0.4, 0.5) is 5.69 Å². The first-order valence-electron chi connectivity index (χ1n) is 6.72. The number of anilines is 1.